The SMILES string of the molecule is c1ccc(-c2cc3c(-c4ccccc4)nc(-c4cccc(-c5cccc6ccccc56)c4)nc3c3ccccc23)cc1. The van der Waals surface area contributed by atoms with Gasteiger partial charge in [0.05, 0.1) is 11.2 Å². The van der Waals surface area contributed by atoms with Gasteiger partial charge in [-0.3, -0.25) is 0 Å². The summed E-state index contributed by atoms with van der Waals surface area (Å²) >= 11 is 0. The van der Waals surface area contributed by atoms with Gasteiger partial charge in [-0.25, -0.2) is 9.97 Å². The molecule has 0 unspecified atom stereocenters. The van der Waals surface area contributed by atoms with Crippen molar-refractivity contribution in [2.24, 2.45) is 0 Å². The zero-order valence-corrected chi connectivity index (χ0v) is 22.9. The van der Waals surface area contributed by atoms with Crippen LogP contribution in [-0.4, -0.2) is 9.97 Å². The van der Waals surface area contributed by atoms with E-state index in [-0.39, 0.29) is 0 Å². The second-order valence-electron chi connectivity index (χ2n) is 10.6. The van der Waals surface area contributed by atoms with Gasteiger partial charge in [-0.2, -0.15) is 0 Å². The molecule has 0 amide bonds. The Kier molecular flexibility index (Phi) is 5.82. The molecule has 0 saturated carbocycles. The molecular weight excluding hydrogens is 508 g/mol. The molecule has 0 spiro atoms. The monoisotopic (exact) mass is 534 g/mol. The molecule has 42 heavy (non-hydrogen) atoms. The van der Waals surface area contributed by atoms with Gasteiger partial charge in [0.25, 0.3) is 0 Å². The Balaban J connectivity index is 1.41. The fourth-order valence-electron chi connectivity index (χ4n) is 6.06. The molecular formula is C40H26N2. The van der Waals surface area contributed by atoms with Gasteiger partial charge in [0, 0.05) is 21.9 Å². The fourth-order valence-corrected chi connectivity index (χ4v) is 6.06. The lowest BCUT2D eigenvalue weighted by molar-refractivity contribution is 1.23. The number of nitrogens with zero attached hydrogens (tertiary/aromatic N) is 2. The van der Waals surface area contributed by atoms with Gasteiger partial charge in [0.1, 0.15) is 0 Å². The fraction of sp³-hybridized carbons (Fsp3) is 0. The minimum absolute atomic E-state index is 0.723. The average molecular weight is 535 g/mol. The third-order valence-corrected chi connectivity index (χ3v) is 8.06. The van der Waals surface area contributed by atoms with E-state index >= 15 is 0 Å². The van der Waals surface area contributed by atoms with Crippen molar-refractivity contribution in [2.75, 3.05) is 0 Å². The Hall–Kier alpha value is -5.60. The summed E-state index contributed by atoms with van der Waals surface area (Å²) < 4.78 is 0. The first-order valence-corrected chi connectivity index (χ1v) is 14.3. The van der Waals surface area contributed by atoms with Crippen LogP contribution in [0.4, 0.5) is 0 Å². The minimum Gasteiger partial charge on any atom is -0.227 e. The number of fused-ring (bicyclic) bond motifs is 4. The zero-order valence-electron chi connectivity index (χ0n) is 22.9. The molecule has 8 aromatic rings. The molecule has 0 bridgehead atoms. The molecule has 0 atom stereocenters. The second kappa shape index (κ2) is 10.1. The molecule has 0 radical (unpaired) electrons. The number of hydrogen-bond acceptors (Lipinski definition) is 2. The van der Waals surface area contributed by atoms with E-state index in [1.165, 1.54) is 32.8 Å². The van der Waals surface area contributed by atoms with Crippen LogP contribution in [0.25, 0.3) is 77.3 Å². The normalized spacial score (nSPS) is 11.3. The Morgan fingerprint density at radius 1 is 0.333 bits per heavy atom. The van der Waals surface area contributed by atoms with Crippen LogP contribution in [0, 0.1) is 0 Å². The molecule has 0 fully saturated rings. The van der Waals surface area contributed by atoms with Crippen molar-refractivity contribution in [1.29, 1.82) is 0 Å². The molecule has 8 rings (SSSR count). The Morgan fingerprint density at radius 3 is 1.74 bits per heavy atom. The van der Waals surface area contributed by atoms with Crippen molar-refractivity contribution >= 4 is 32.4 Å². The van der Waals surface area contributed by atoms with E-state index in [0.717, 1.165) is 44.5 Å². The molecule has 1 heterocycles. The molecule has 196 valence electrons. The van der Waals surface area contributed by atoms with Gasteiger partial charge in [0.2, 0.25) is 0 Å². The van der Waals surface area contributed by atoms with Gasteiger partial charge in [-0.15, -0.1) is 0 Å². The van der Waals surface area contributed by atoms with E-state index in [0.29, 0.717) is 0 Å². The average Bonchev–Trinajstić information content (AvgIpc) is 3.08. The van der Waals surface area contributed by atoms with Crippen LogP contribution in [0.1, 0.15) is 0 Å². The molecule has 0 saturated heterocycles. The zero-order chi connectivity index (χ0) is 27.9. The highest BCUT2D eigenvalue weighted by Crippen LogP contribution is 2.39. The van der Waals surface area contributed by atoms with Crippen molar-refractivity contribution in [3.05, 3.63) is 158 Å². The first kappa shape index (κ1) is 24.2. The quantitative estimate of drug-likeness (QED) is 0.210. The molecule has 0 aliphatic heterocycles. The summed E-state index contributed by atoms with van der Waals surface area (Å²) in [5.74, 6) is 0.723. The molecule has 0 aliphatic carbocycles. The van der Waals surface area contributed by atoms with Crippen LogP contribution in [-0.2, 0) is 0 Å². The lowest BCUT2D eigenvalue weighted by atomic mass is 9.93. The summed E-state index contributed by atoms with van der Waals surface area (Å²) in [7, 11) is 0. The lowest BCUT2D eigenvalue weighted by Crippen LogP contribution is -1.97. The highest BCUT2D eigenvalue weighted by atomic mass is 14.9. The molecule has 1 aromatic heterocycles. The highest BCUT2D eigenvalue weighted by molar-refractivity contribution is 6.15. The maximum absolute atomic E-state index is 5.28. The van der Waals surface area contributed by atoms with Gasteiger partial charge >= 0.3 is 0 Å². The highest BCUT2D eigenvalue weighted by Gasteiger charge is 2.17. The minimum atomic E-state index is 0.723. The van der Waals surface area contributed by atoms with E-state index < -0.39 is 0 Å². The van der Waals surface area contributed by atoms with Gasteiger partial charge in [0.15, 0.2) is 5.82 Å². The largest absolute Gasteiger partial charge is 0.227 e. The number of benzene rings is 7. The molecule has 0 N–H and O–H groups in total. The van der Waals surface area contributed by atoms with E-state index in [2.05, 4.69) is 152 Å². The van der Waals surface area contributed by atoms with Crippen molar-refractivity contribution in [2.45, 2.75) is 0 Å². The van der Waals surface area contributed by atoms with Gasteiger partial charge < -0.3 is 0 Å². The molecule has 7 aromatic carbocycles. The number of hydrogen-bond donors (Lipinski definition) is 0. The van der Waals surface area contributed by atoms with Crippen LogP contribution in [0.3, 0.4) is 0 Å². The molecule has 2 heteroatoms. The number of rotatable bonds is 4. The summed E-state index contributed by atoms with van der Waals surface area (Å²) in [5, 5.41) is 5.83. The van der Waals surface area contributed by atoms with Crippen molar-refractivity contribution in [3.8, 4) is 44.9 Å². The summed E-state index contributed by atoms with van der Waals surface area (Å²) in [6, 6.07) is 55.5. The van der Waals surface area contributed by atoms with Crippen LogP contribution in [0.2, 0.25) is 0 Å². The third kappa shape index (κ3) is 4.13. The van der Waals surface area contributed by atoms with E-state index in [1.54, 1.807) is 0 Å². The summed E-state index contributed by atoms with van der Waals surface area (Å²) in [5.41, 5.74) is 8.70. The van der Waals surface area contributed by atoms with Crippen LogP contribution < -0.4 is 0 Å². The molecule has 2 nitrogen and oxygen atoms in total. The van der Waals surface area contributed by atoms with Crippen LogP contribution in [0.15, 0.2) is 158 Å². The van der Waals surface area contributed by atoms with Gasteiger partial charge in [-0.1, -0.05) is 146 Å². The topological polar surface area (TPSA) is 25.8 Å². The predicted molar refractivity (Wildman–Crippen MR) is 176 cm³/mol. The summed E-state index contributed by atoms with van der Waals surface area (Å²) in [6.45, 7) is 0. The number of aromatic nitrogens is 2. The van der Waals surface area contributed by atoms with Crippen molar-refractivity contribution < 1.29 is 0 Å². The lowest BCUT2D eigenvalue weighted by Gasteiger charge is -2.15. The van der Waals surface area contributed by atoms with E-state index in [9.17, 15) is 0 Å². The van der Waals surface area contributed by atoms with E-state index in [4.69, 9.17) is 9.97 Å². The third-order valence-electron chi connectivity index (χ3n) is 8.06. The smallest absolute Gasteiger partial charge is 0.160 e. The Morgan fingerprint density at radius 2 is 0.929 bits per heavy atom. The predicted octanol–water partition coefficient (Wildman–Crippen LogP) is 10.6. The maximum Gasteiger partial charge on any atom is 0.160 e. The summed E-state index contributed by atoms with van der Waals surface area (Å²) in [4.78, 5) is 10.5. The molecule has 0 aliphatic rings. The van der Waals surface area contributed by atoms with Crippen LogP contribution >= 0.6 is 0 Å². The standard InChI is InChI=1S/C40H26N2/c1-3-13-28(14-4-1)36-26-37-38(29-16-5-2-6-17-29)41-40(42-39(37)35-23-10-9-22-34(35)36)31-20-11-19-30(25-31)33-24-12-18-27-15-7-8-21-32(27)33/h1-26H. The Labute approximate surface area is 244 Å². The maximum atomic E-state index is 5.28. The van der Waals surface area contributed by atoms with E-state index in [1.807, 2.05) is 6.07 Å². The first-order valence-electron chi connectivity index (χ1n) is 14.3. The van der Waals surface area contributed by atoms with Crippen molar-refractivity contribution in [3.63, 3.8) is 0 Å². The first-order chi connectivity index (χ1) is 20.8. The second-order valence-corrected chi connectivity index (χ2v) is 10.6. The van der Waals surface area contributed by atoms with Crippen molar-refractivity contribution in [1.82, 2.24) is 9.97 Å². The summed E-state index contributed by atoms with van der Waals surface area (Å²) in [6.07, 6.45) is 0. The Bertz CT molecular complexity index is 2230. The van der Waals surface area contributed by atoms with Gasteiger partial charge in [-0.05, 0) is 50.5 Å². The van der Waals surface area contributed by atoms with Crippen LogP contribution in [0.5, 0.6) is 0 Å².